The van der Waals surface area contributed by atoms with Gasteiger partial charge in [-0.05, 0) is 31.4 Å². The molecule has 0 saturated carbocycles. The summed E-state index contributed by atoms with van der Waals surface area (Å²) in [7, 11) is 0. The largest absolute Gasteiger partial charge is 0.490 e. The summed E-state index contributed by atoms with van der Waals surface area (Å²) >= 11 is 0. The molecular formula is C18H25NO4. The lowest BCUT2D eigenvalue weighted by atomic mass is 10.0. The number of nitrogens with zero attached hydrogens (tertiary/aromatic N) is 1. The molecule has 0 fully saturated rings. The zero-order valence-corrected chi connectivity index (χ0v) is 14.3. The third-order valence-electron chi connectivity index (χ3n) is 3.88. The summed E-state index contributed by atoms with van der Waals surface area (Å²) in [4.78, 5) is 25.7. The van der Waals surface area contributed by atoms with E-state index in [0.29, 0.717) is 35.9 Å². The minimum atomic E-state index is -0.527. The average molecular weight is 319 g/mol. The predicted octanol–water partition coefficient (Wildman–Crippen LogP) is 3.45. The van der Waals surface area contributed by atoms with E-state index in [-0.39, 0.29) is 11.8 Å². The van der Waals surface area contributed by atoms with Crippen LogP contribution in [0.4, 0.5) is 5.69 Å². The molecule has 0 radical (unpaired) electrons. The molecule has 0 spiro atoms. The van der Waals surface area contributed by atoms with Gasteiger partial charge in [0.2, 0.25) is 0 Å². The van der Waals surface area contributed by atoms with Crippen LogP contribution >= 0.6 is 0 Å². The van der Waals surface area contributed by atoms with Gasteiger partial charge in [0.1, 0.15) is 6.29 Å². The van der Waals surface area contributed by atoms with Crippen LogP contribution in [0.1, 0.15) is 50.9 Å². The lowest BCUT2D eigenvalue weighted by Gasteiger charge is -2.37. The lowest BCUT2D eigenvalue weighted by Crippen LogP contribution is -2.48. The number of aldehydes is 1. The minimum Gasteiger partial charge on any atom is -0.490 e. The van der Waals surface area contributed by atoms with Gasteiger partial charge in [-0.15, -0.1) is 0 Å². The van der Waals surface area contributed by atoms with Crippen LogP contribution in [-0.2, 0) is 4.79 Å². The molecule has 1 amide bonds. The average Bonchev–Trinajstić information content (AvgIpc) is 2.53. The number of hydrogen-bond donors (Lipinski definition) is 0. The molecule has 0 bridgehead atoms. The molecule has 0 aliphatic carbocycles. The maximum Gasteiger partial charge on any atom is 0.268 e. The van der Waals surface area contributed by atoms with E-state index in [1.54, 1.807) is 17.0 Å². The summed E-state index contributed by atoms with van der Waals surface area (Å²) in [5.41, 5.74) is 1.11. The fourth-order valence-corrected chi connectivity index (χ4v) is 2.68. The topological polar surface area (TPSA) is 55.8 Å². The number of hydrogen-bond acceptors (Lipinski definition) is 4. The molecule has 0 aromatic heterocycles. The van der Waals surface area contributed by atoms with Crippen LogP contribution < -0.4 is 14.4 Å². The van der Waals surface area contributed by atoms with Crippen molar-refractivity contribution in [3.63, 3.8) is 0 Å². The molecule has 5 nitrogen and oxygen atoms in total. The number of benzene rings is 1. The standard InChI is InChI=1S/C18H25NO4/c1-5-7-8-19-14-9-13(11-20)10-15(22-6-2)17(14)23-16(12(3)4)18(19)21/h9-12,16H,5-8H2,1-4H3. The molecule has 1 aromatic carbocycles. The van der Waals surface area contributed by atoms with Crippen molar-refractivity contribution >= 4 is 17.9 Å². The monoisotopic (exact) mass is 319 g/mol. The van der Waals surface area contributed by atoms with Gasteiger partial charge in [-0.1, -0.05) is 27.2 Å². The number of fused-ring (bicyclic) bond motifs is 1. The highest BCUT2D eigenvalue weighted by molar-refractivity contribution is 6.01. The van der Waals surface area contributed by atoms with Gasteiger partial charge in [-0.25, -0.2) is 0 Å². The van der Waals surface area contributed by atoms with E-state index < -0.39 is 6.10 Å². The molecule has 1 aliphatic rings. The molecule has 23 heavy (non-hydrogen) atoms. The SMILES string of the molecule is CCCCN1C(=O)C(C(C)C)Oc2c(OCC)cc(C=O)cc21. The second kappa shape index (κ2) is 7.49. The Bertz CT molecular complexity index is 583. The zero-order valence-electron chi connectivity index (χ0n) is 14.3. The van der Waals surface area contributed by atoms with E-state index in [1.807, 2.05) is 20.8 Å². The van der Waals surface area contributed by atoms with Crippen molar-refractivity contribution in [1.29, 1.82) is 0 Å². The number of carbonyl (C=O) groups excluding carboxylic acids is 2. The van der Waals surface area contributed by atoms with E-state index in [2.05, 4.69) is 6.92 Å². The minimum absolute atomic E-state index is 0.0496. The summed E-state index contributed by atoms with van der Waals surface area (Å²) in [6.07, 6.45) is 2.11. The number of carbonyl (C=O) groups is 2. The van der Waals surface area contributed by atoms with Gasteiger partial charge >= 0.3 is 0 Å². The Morgan fingerprint density at radius 1 is 1.35 bits per heavy atom. The Morgan fingerprint density at radius 3 is 2.65 bits per heavy atom. The maximum atomic E-state index is 12.8. The summed E-state index contributed by atoms with van der Waals surface area (Å²) in [5, 5.41) is 0. The van der Waals surface area contributed by atoms with E-state index in [9.17, 15) is 9.59 Å². The van der Waals surface area contributed by atoms with Crippen LogP contribution in [0.15, 0.2) is 12.1 Å². The summed E-state index contributed by atoms with van der Waals surface area (Å²) in [6, 6.07) is 3.37. The quantitative estimate of drug-likeness (QED) is 0.722. The summed E-state index contributed by atoms with van der Waals surface area (Å²) in [5.74, 6) is 1.09. The second-order valence-corrected chi connectivity index (χ2v) is 6.04. The van der Waals surface area contributed by atoms with Crippen molar-refractivity contribution in [3.05, 3.63) is 17.7 Å². The predicted molar refractivity (Wildman–Crippen MR) is 89.5 cm³/mol. The van der Waals surface area contributed by atoms with Crippen LogP contribution in [-0.4, -0.2) is 31.4 Å². The molecule has 126 valence electrons. The molecule has 0 saturated heterocycles. The summed E-state index contributed by atoms with van der Waals surface area (Å²) < 4.78 is 11.6. The number of ether oxygens (including phenoxy) is 2. The molecule has 1 unspecified atom stereocenters. The molecule has 1 atom stereocenters. The summed E-state index contributed by atoms with van der Waals surface area (Å²) in [6.45, 7) is 8.97. The first-order valence-corrected chi connectivity index (χ1v) is 8.27. The number of amides is 1. The van der Waals surface area contributed by atoms with Crippen molar-refractivity contribution in [3.8, 4) is 11.5 Å². The fourth-order valence-electron chi connectivity index (χ4n) is 2.68. The molecule has 1 aliphatic heterocycles. The highest BCUT2D eigenvalue weighted by Crippen LogP contribution is 2.43. The Hall–Kier alpha value is -2.04. The maximum absolute atomic E-state index is 12.8. The molecular weight excluding hydrogens is 294 g/mol. The first kappa shape index (κ1) is 17.3. The van der Waals surface area contributed by atoms with E-state index in [1.165, 1.54) is 0 Å². The molecule has 0 N–H and O–H groups in total. The Balaban J connectivity index is 2.55. The van der Waals surface area contributed by atoms with E-state index in [0.717, 1.165) is 19.1 Å². The van der Waals surface area contributed by atoms with Gasteiger partial charge in [0.05, 0.1) is 12.3 Å². The van der Waals surface area contributed by atoms with Crippen molar-refractivity contribution in [2.75, 3.05) is 18.1 Å². The fraction of sp³-hybridized carbons (Fsp3) is 0.556. The molecule has 1 heterocycles. The number of rotatable bonds is 7. The highest BCUT2D eigenvalue weighted by atomic mass is 16.5. The van der Waals surface area contributed by atoms with Crippen LogP contribution in [0.5, 0.6) is 11.5 Å². The zero-order chi connectivity index (χ0) is 17.0. The highest BCUT2D eigenvalue weighted by Gasteiger charge is 2.38. The van der Waals surface area contributed by atoms with Crippen LogP contribution in [0.3, 0.4) is 0 Å². The normalized spacial score (nSPS) is 17.0. The number of unbranched alkanes of at least 4 members (excludes halogenated alkanes) is 1. The van der Waals surface area contributed by atoms with Gasteiger partial charge < -0.3 is 14.4 Å². The third kappa shape index (κ3) is 3.49. The lowest BCUT2D eigenvalue weighted by molar-refractivity contribution is -0.128. The Labute approximate surface area is 137 Å². The van der Waals surface area contributed by atoms with Crippen molar-refractivity contribution in [1.82, 2.24) is 0 Å². The van der Waals surface area contributed by atoms with Gasteiger partial charge in [0.15, 0.2) is 17.6 Å². The van der Waals surface area contributed by atoms with Crippen LogP contribution in [0.2, 0.25) is 0 Å². The van der Waals surface area contributed by atoms with Crippen molar-refractivity contribution < 1.29 is 19.1 Å². The van der Waals surface area contributed by atoms with Crippen molar-refractivity contribution in [2.45, 2.75) is 46.6 Å². The Morgan fingerprint density at radius 2 is 2.09 bits per heavy atom. The number of anilines is 1. The van der Waals surface area contributed by atoms with Crippen LogP contribution in [0.25, 0.3) is 0 Å². The Kier molecular flexibility index (Phi) is 5.64. The van der Waals surface area contributed by atoms with E-state index >= 15 is 0 Å². The van der Waals surface area contributed by atoms with Crippen LogP contribution in [0, 0.1) is 5.92 Å². The van der Waals surface area contributed by atoms with Gasteiger partial charge in [0.25, 0.3) is 5.91 Å². The smallest absolute Gasteiger partial charge is 0.268 e. The molecule has 5 heteroatoms. The van der Waals surface area contributed by atoms with Gasteiger partial charge in [0, 0.05) is 12.1 Å². The van der Waals surface area contributed by atoms with E-state index in [4.69, 9.17) is 9.47 Å². The third-order valence-corrected chi connectivity index (χ3v) is 3.88. The van der Waals surface area contributed by atoms with Crippen molar-refractivity contribution in [2.24, 2.45) is 5.92 Å². The van der Waals surface area contributed by atoms with Gasteiger partial charge in [-0.2, -0.15) is 0 Å². The van der Waals surface area contributed by atoms with Gasteiger partial charge in [-0.3, -0.25) is 9.59 Å². The first-order chi connectivity index (χ1) is 11.0. The molecule has 1 aromatic rings. The first-order valence-electron chi connectivity index (χ1n) is 8.27. The molecule has 2 rings (SSSR count). The second-order valence-electron chi connectivity index (χ2n) is 6.04.